The average molecular weight is 307 g/mol. The molecule has 1 amide bonds. The van der Waals surface area contributed by atoms with E-state index in [1.54, 1.807) is 24.3 Å². The molecule has 23 heavy (non-hydrogen) atoms. The number of nitrogens with zero attached hydrogens (tertiary/aromatic N) is 1. The Morgan fingerprint density at radius 2 is 1.87 bits per heavy atom. The van der Waals surface area contributed by atoms with Crippen molar-refractivity contribution < 1.29 is 4.79 Å². The topological polar surface area (TPSA) is 64.9 Å². The fraction of sp³-hybridized carbons (Fsp3) is 0.263. The van der Waals surface area contributed by atoms with E-state index < -0.39 is 0 Å². The molecule has 0 bridgehead atoms. The number of rotatable bonds is 6. The molecule has 2 N–H and O–H groups in total. The molecule has 4 heteroatoms. The summed E-state index contributed by atoms with van der Waals surface area (Å²) in [4.78, 5) is 12.1. The molecule has 0 saturated heterocycles. The summed E-state index contributed by atoms with van der Waals surface area (Å²) < 4.78 is 0. The highest BCUT2D eigenvalue weighted by Gasteiger charge is 2.16. The molecule has 0 aliphatic heterocycles. The standard InChI is InChI=1S/C19H21N3O/c1-14(2)19(16-8-4-3-5-9-16)21-13-18(23)22-17-10-6-7-15(11-17)12-20/h3-11,14,19,21H,13H2,1-2H3,(H,22,23)/t19-/m1/s1. The first-order valence-electron chi connectivity index (χ1n) is 7.68. The first-order valence-corrected chi connectivity index (χ1v) is 7.68. The number of carbonyl (C=O) groups excluding carboxylic acids is 1. The van der Waals surface area contributed by atoms with E-state index in [0.29, 0.717) is 17.2 Å². The average Bonchev–Trinajstić information content (AvgIpc) is 2.56. The van der Waals surface area contributed by atoms with Crippen molar-refractivity contribution in [2.75, 3.05) is 11.9 Å². The summed E-state index contributed by atoms with van der Waals surface area (Å²) in [5.74, 6) is 0.244. The fourth-order valence-electron chi connectivity index (χ4n) is 2.47. The molecule has 0 heterocycles. The van der Waals surface area contributed by atoms with Crippen molar-refractivity contribution in [2.45, 2.75) is 19.9 Å². The lowest BCUT2D eigenvalue weighted by molar-refractivity contribution is -0.115. The summed E-state index contributed by atoms with van der Waals surface area (Å²) in [6.07, 6.45) is 0. The summed E-state index contributed by atoms with van der Waals surface area (Å²) in [6, 6.07) is 19.2. The third-order valence-electron chi connectivity index (χ3n) is 3.58. The van der Waals surface area contributed by atoms with Gasteiger partial charge in [0.05, 0.1) is 18.2 Å². The van der Waals surface area contributed by atoms with Crippen LogP contribution in [0.15, 0.2) is 54.6 Å². The molecule has 0 spiro atoms. The lowest BCUT2D eigenvalue weighted by atomic mass is 9.96. The van der Waals surface area contributed by atoms with Gasteiger partial charge in [-0.1, -0.05) is 50.2 Å². The maximum atomic E-state index is 12.1. The van der Waals surface area contributed by atoms with Gasteiger partial charge in [0.2, 0.25) is 5.91 Å². The van der Waals surface area contributed by atoms with Crippen LogP contribution in [-0.4, -0.2) is 12.5 Å². The smallest absolute Gasteiger partial charge is 0.238 e. The quantitative estimate of drug-likeness (QED) is 0.858. The molecule has 2 aromatic carbocycles. The second-order valence-electron chi connectivity index (χ2n) is 5.75. The van der Waals surface area contributed by atoms with Crippen molar-refractivity contribution in [2.24, 2.45) is 5.92 Å². The van der Waals surface area contributed by atoms with E-state index in [2.05, 4.69) is 42.7 Å². The highest BCUT2D eigenvalue weighted by molar-refractivity contribution is 5.92. The van der Waals surface area contributed by atoms with Gasteiger partial charge in [0.15, 0.2) is 0 Å². The lowest BCUT2D eigenvalue weighted by Crippen LogP contribution is -2.33. The van der Waals surface area contributed by atoms with E-state index in [1.165, 1.54) is 5.56 Å². The van der Waals surface area contributed by atoms with Gasteiger partial charge in [0.1, 0.15) is 0 Å². The Morgan fingerprint density at radius 3 is 2.52 bits per heavy atom. The maximum Gasteiger partial charge on any atom is 0.238 e. The number of hydrogen-bond acceptors (Lipinski definition) is 3. The van der Waals surface area contributed by atoms with Crippen molar-refractivity contribution in [3.63, 3.8) is 0 Å². The van der Waals surface area contributed by atoms with Gasteiger partial charge in [-0.05, 0) is 29.7 Å². The second-order valence-corrected chi connectivity index (χ2v) is 5.75. The molecule has 0 radical (unpaired) electrons. The molecule has 1 atom stereocenters. The van der Waals surface area contributed by atoms with Crippen LogP contribution in [-0.2, 0) is 4.79 Å². The third-order valence-corrected chi connectivity index (χ3v) is 3.58. The van der Waals surface area contributed by atoms with E-state index in [9.17, 15) is 4.79 Å². The van der Waals surface area contributed by atoms with Gasteiger partial charge in [-0.2, -0.15) is 5.26 Å². The monoisotopic (exact) mass is 307 g/mol. The van der Waals surface area contributed by atoms with Crippen LogP contribution in [0.2, 0.25) is 0 Å². The van der Waals surface area contributed by atoms with Crippen molar-refractivity contribution in [1.82, 2.24) is 5.32 Å². The van der Waals surface area contributed by atoms with Gasteiger partial charge < -0.3 is 10.6 Å². The zero-order valence-corrected chi connectivity index (χ0v) is 13.4. The Bertz CT molecular complexity index is 689. The van der Waals surface area contributed by atoms with Gasteiger partial charge in [0.25, 0.3) is 0 Å². The molecule has 0 aliphatic rings. The van der Waals surface area contributed by atoms with Crippen molar-refractivity contribution in [3.8, 4) is 6.07 Å². The summed E-state index contributed by atoms with van der Waals surface area (Å²) in [6.45, 7) is 4.46. The zero-order valence-electron chi connectivity index (χ0n) is 13.4. The van der Waals surface area contributed by atoms with Gasteiger partial charge in [-0.25, -0.2) is 0 Å². The molecule has 0 fully saturated rings. The Kier molecular flexibility index (Phi) is 5.90. The van der Waals surface area contributed by atoms with Gasteiger partial charge in [-0.3, -0.25) is 4.79 Å². The minimum absolute atomic E-state index is 0.118. The molecule has 2 aromatic rings. The Morgan fingerprint density at radius 1 is 1.13 bits per heavy atom. The van der Waals surface area contributed by atoms with Gasteiger partial charge in [-0.15, -0.1) is 0 Å². The SMILES string of the molecule is CC(C)[C@@H](NCC(=O)Nc1cccc(C#N)c1)c1ccccc1. The number of carbonyl (C=O) groups is 1. The Hall–Kier alpha value is -2.64. The van der Waals surface area contributed by atoms with Crippen LogP contribution in [0.25, 0.3) is 0 Å². The predicted octanol–water partition coefficient (Wildman–Crippen LogP) is 3.48. The second kappa shape index (κ2) is 8.11. The van der Waals surface area contributed by atoms with E-state index in [4.69, 9.17) is 5.26 Å². The summed E-state index contributed by atoms with van der Waals surface area (Å²) >= 11 is 0. The van der Waals surface area contributed by atoms with Crippen LogP contribution in [0.1, 0.15) is 31.0 Å². The number of nitriles is 1. The number of anilines is 1. The lowest BCUT2D eigenvalue weighted by Gasteiger charge is -2.22. The van der Waals surface area contributed by atoms with E-state index in [1.807, 2.05) is 18.2 Å². The number of hydrogen-bond donors (Lipinski definition) is 2. The van der Waals surface area contributed by atoms with Crippen LogP contribution in [0.5, 0.6) is 0 Å². The van der Waals surface area contributed by atoms with Crippen LogP contribution in [0.4, 0.5) is 5.69 Å². The molecule has 0 aromatic heterocycles. The highest BCUT2D eigenvalue weighted by atomic mass is 16.1. The van der Waals surface area contributed by atoms with Crippen LogP contribution in [0, 0.1) is 17.2 Å². The summed E-state index contributed by atoms with van der Waals surface area (Å²) in [5.41, 5.74) is 2.33. The van der Waals surface area contributed by atoms with Gasteiger partial charge in [0, 0.05) is 11.7 Å². The molecule has 0 saturated carbocycles. The van der Waals surface area contributed by atoms with E-state index in [0.717, 1.165) is 0 Å². The van der Waals surface area contributed by atoms with Crippen molar-refractivity contribution in [1.29, 1.82) is 5.26 Å². The first-order chi connectivity index (χ1) is 11.1. The number of nitrogens with one attached hydrogen (secondary N) is 2. The van der Waals surface area contributed by atoms with Crippen molar-refractivity contribution in [3.05, 3.63) is 65.7 Å². The molecular formula is C19H21N3O. The van der Waals surface area contributed by atoms with Crippen LogP contribution < -0.4 is 10.6 Å². The van der Waals surface area contributed by atoms with Gasteiger partial charge >= 0.3 is 0 Å². The minimum atomic E-state index is -0.123. The van der Waals surface area contributed by atoms with E-state index >= 15 is 0 Å². The zero-order chi connectivity index (χ0) is 16.7. The summed E-state index contributed by atoms with van der Waals surface area (Å²) in [7, 11) is 0. The molecule has 118 valence electrons. The minimum Gasteiger partial charge on any atom is -0.325 e. The third kappa shape index (κ3) is 4.94. The summed E-state index contributed by atoms with van der Waals surface area (Å²) in [5, 5.41) is 15.0. The normalized spacial score (nSPS) is 11.7. The molecular weight excluding hydrogens is 286 g/mol. The Labute approximate surface area is 137 Å². The molecule has 2 rings (SSSR count). The molecule has 0 aliphatic carbocycles. The fourth-order valence-corrected chi connectivity index (χ4v) is 2.47. The maximum absolute atomic E-state index is 12.1. The van der Waals surface area contributed by atoms with Crippen LogP contribution in [0.3, 0.4) is 0 Å². The molecule has 4 nitrogen and oxygen atoms in total. The molecule has 0 unspecified atom stereocenters. The Balaban J connectivity index is 1.95. The predicted molar refractivity (Wildman–Crippen MR) is 91.8 cm³/mol. The largest absolute Gasteiger partial charge is 0.325 e. The first kappa shape index (κ1) is 16.7. The van der Waals surface area contributed by atoms with Crippen LogP contribution >= 0.6 is 0 Å². The number of amides is 1. The highest BCUT2D eigenvalue weighted by Crippen LogP contribution is 2.21. The van der Waals surface area contributed by atoms with Crippen molar-refractivity contribution >= 4 is 11.6 Å². The number of benzene rings is 2. The van der Waals surface area contributed by atoms with E-state index in [-0.39, 0.29) is 18.5 Å².